The maximum Gasteiger partial charge on any atom is 0.306 e. The summed E-state index contributed by atoms with van der Waals surface area (Å²) in [5.41, 5.74) is 0. The van der Waals surface area contributed by atoms with Gasteiger partial charge in [0.2, 0.25) is 0 Å². The number of unbranched alkanes of at least 4 members (excludes halogenated alkanes) is 4. The third-order valence-corrected chi connectivity index (χ3v) is 10.9. The minimum Gasteiger partial charge on any atom is -0.756 e. The van der Waals surface area contributed by atoms with Gasteiger partial charge in [-0.3, -0.25) is 14.2 Å². The zero-order valence-electron chi connectivity index (χ0n) is 37.9. The Bertz CT molecular complexity index is 1430. The molecule has 348 valence electrons. The highest BCUT2D eigenvalue weighted by Crippen LogP contribution is 2.38. The molecule has 1 unspecified atom stereocenters. The molecule has 0 spiro atoms. The van der Waals surface area contributed by atoms with Gasteiger partial charge in [-0.1, -0.05) is 118 Å². The third-order valence-electron chi connectivity index (χ3n) is 9.97. The lowest BCUT2D eigenvalue weighted by Crippen LogP contribution is -2.37. The summed E-state index contributed by atoms with van der Waals surface area (Å²) in [6.45, 7) is 3.64. The molecule has 12 nitrogen and oxygen atoms in total. The van der Waals surface area contributed by atoms with Crippen molar-refractivity contribution >= 4 is 19.8 Å². The molecule has 0 aliphatic heterocycles. The van der Waals surface area contributed by atoms with Gasteiger partial charge in [0.05, 0.1) is 46.1 Å². The molecule has 1 fully saturated rings. The van der Waals surface area contributed by atoms with Crippen LogP contribution in [-0.2, 0) is 32.7 Å². The lowest BCUT2D eigenvalue weighted by Gasteiger charge is -2.28. The number of nitrogens with zero attached hydrogens (tertiary/aromatic N) is 1. The number of ether oxygens (including phenoxy) is 2. The zero-order chi connectivity index (χ0) is 45.2. The second-order valence-electron chi connectivity index (χ2n) is 16.6. The predicted molar refractivity (Wildman–Crippen MR) is 242 cm³/mol. The average Bonchev–Trinajstić information content (AvgIpc) is 3.47. The number of aliphatic hydroxyl groups is 3. The lowest BCUT2D eigenvalue weighted by atomic mass is 9.89. The Hall–Kier alpha value is -2.93. The Kier molecular flexibility index (Phi) is 31.8. The fourth-order valence-electron chi connectivity index (χ4n) is 6.39. The molecule has 1 aliphatic rings. The highest BCUT2D eigenvalue weighted by atomic mass is 31.2. The molecule has 7 atom stereocenters. The maximum atomic E-state index is 12.7. The van der Waals surface area contributed by atoms with E-state index in [-0.39, 0.29) is 44.3 Å². The van der Waals surface area contributed by atoms with E-state index in [0.717, 1.165) is 51.4 Å². The van der Waals surface area contributed by atoms with Crippen LogP contribution < -0.4 is 4.89 Å². The smallest absolute Gasteiger partial charge is 0.306 e. The van der Waals surface area contributed by atoms with Crippen LogP contribution in [0.15, 0.2) is 85.1 Å². The van der Waals surface area contributed by atoms with E-state index in [1.807, 2.05) is 51.5 Å². The quantitative estimate of drug-likeness (QED) is 0.0183. The van der Waals surface area contributed by atoms with Crippen molar-refractivity contribution in [2.24, 2.45) is 11.8 Å². The Balaban J connectivity index is 2.55. The van der Waals surface area contributed by atoms with Gasteiger partial charge >= 0.3 is 11.9 Å². The Morgan fingerprint density at radius 2 is 1.33 bits per heavy atom. The molecule has 0 bridgehead atoms. The number of quaternary nitrogens is 1. The van der Waals surface area contributed by atoms with Crippen molar-refractivity contribution in [3.05, 3.63) is 85.1 Å². The number of allylic oxidation sites excluding steroid dienone is 12. The van der Waals surface area contributed by atoms with Crippen molar-refractivity contribution in [1.29, 1.82) is 0 Å². The first-order valence-electron chi connectivity index (χ1n) is 22.6. The highest BCUT2D eigenvalue weighted by molar-refractivity contribution is 7.45. The van der Waals surface area contributed by atoms with Crippen LogP contribution in [0.3, 0.4) is 0 Å². The third kappa shape index (κ3) is 31.5. The van der Waals surface area contributed by atoms with Crippen molar-refractivity contribution < 1.29 is 57.4 Å². The van der Waals surface area contributed by atoms with Crippen molar-refractivity contribution in [2.45, 2.75) is 147 Å². The molecular weight excluding hydrogens is 797 g/mol. The van der Waals surface area contributed by atoms with E-state index in [9.17, 15) is 34.4 Å². The van der Waals surface area contributed by atoms with Gasteiger partial charge in [-0.05, 0) is 76.5 Å². The first-order valence-corrected chi connectivity index (χ1v) is 24.0. The molecule has 0 aromatic rings. The van der Waals surface area contributed by atoms with Crippen molar-refractivity contribution in [3.8, 4) is 0 Å². The van der Waals surface area contributed by atoms with Gasteiger partial charge in [0.25, 0.3) is 7.82 Å². The Morgan fingerprint density at radius 1 is 0.754 bits per heavy atom. The van der Waals surface area contributed by atoms with E-state index < -0.39 is 50.8 Å². The molecule has 13 heteroatoms. The van der Waals surface area contributed by atoms with Gasteiger partial charge in [-0.2, -0.15) is 0 Å². The standard InChI is InChI=1S/C48H80NO11P/c1-6-8-10-11-12-13-14-15-16-17-18-19-20-21-22-23-29-33-48(54)60-42(40-59-61(55,56)58-37-36-49(3,4)5)39-57-47(53)32-28-25-24-27-31-43-44(46(52)38-45(43)51)35-34-41(50)30-26-9-7-2/h8,10,12-13,15-16,18-19,21-22,24,27,34-35,41-46,50-52H,6-7,9,11,14,17,20,23,25-26,28-33,36-40H2,1-5H3/b10-8-,13-12-,16-15-,19-18-,22-21-,27-24+,35-34+/t41-,42+,43+,44+,45-,46+/m0/s1. The van der Waals surface area contributed by atoms with Crippen LogP contribution in [0.2, 0.25) is 0 Å². The number of esters is 2. The number of likely N-dealkylation sites (N-methyl/N-ethyl adjacent to an activating group) is 1. The fourth-order valence-corrected chi connectivity index (χ4v) is 7.12. The van der Waals surface area contributed by atoms with Gasteiger partial charge in [-0.15, -0.1) is 0 Å². The van der Waals surface area contributed by atoms with Crippen molar-refractivity contribution in [1.82, 2.24) is 0 Å². The van der Waals surface area contributed by atoms with Crippen molar-refractivity contribution in [3.63, 3.8) is 0 Å². The zero-order valence-corrected chi connectivity index (χ0v) is 38.8. The van der Waals surface area contributed by atoms with Gasteiger partial charge in [0.15, 0.2) is 6.10 Å². The topological polar surface area (TPSA) is 172 Å². The summed E-state index contributed by atoms with van der Waals surface area (Å²) < 4.78 is 33.8. The highest BCUT2D eigenvalue weighted by Gasteiger charge is 2.39. The summed E-state index contributed by atoms with van der Waals surface area (Å²) in [6.07, 6.45) is 37.2. The summed E-state index contributed by atoms with van der Waals surface area (Å²) in [6, 6.07) is 0. The van der Waals surface area contributed by atoms with Crippen LogP contribution in [0.4, 0.5) is 0 Å². The van der Waals surface area contributed by atoms with Crippen LogP contribution in [0.1, 0.15) is 123 Å². The number of hydrogen-bond acceptors (Lipinski definition) is 11. The van der Waals surface area contributed by atoms with Gasteiger partial charge < -0.3 is 43.2 Å². The van der Waals surface area contributed by atoms with Gasteiger partial charge in [0.1, 0.15) is 19.8 Å². The number of phosphoric acid groups is 1. The predicted octanol–water partition coefficient (Wildman–Crippen LogP) is 8.54. The van der Waals surface area contributed by atoms with Crippen LogP contribution in [-0.4, -0.2) is 104 Å². The molecule has 0 saturated heterocycles. The Labute approximate surface area is 368 Å². The first-order chi connectivity index (χ1) is 29.2. The number of rotatable bonds is 35. The van der Waals surface area contributed by atoms with Gasteiger partial charge in [0, 0.05) is 25.2 Å². The van der Waals surface area contributed by atoms with E-state index in [4.69, 9.17) is 18.5 Å². The summed E-state index contributed by atoms with van der Waals surface area (Å²) in [5, 5.41) is 31.3. The van der Waals surface area contributed by atoms with Gasteiger partial charge in [-0.25, -0.2) is 0 Å². The van der Waals surface area contributed by atoms with E-state index in [1.54, 1.807) is 6.08 Å². The average molecular weight is 878 g/mol. The van der Waals surface area contributed by atoms with E-state index in [0.29, 0.717) is 49.6 Å². The molecule has 0 radical (unpaired) electrons. The number of carbonyl (C=O) groups excluding carboxylic acids is 2. The normalized spacial score (nSPS) is 21.0. The molecule has 1 rings (SSSR count). The fraction of sp³-hybridized carbons (Fsp3) is 0.667. The largest absolute Gasteiger partial charge is 0.756 e. The summed E-state index contributed by atoms with van der Waals surface area (Å²) in [4.78, 5) is 37.7. The minimum atomic E-state index is -4.71. The van der Waals surface area contributed by atoms with E-state index in [2.05, 4.69) is 62.5 Å². The summed E-state index contributed by atoms with van der Waals surface area (Å²) in [7, 11) is 0.980. The van der Waals surface area contributed by atoms with Crippen molar-refractivity contribution in [2.75, 3.05) is 47.5 Å². The van der Waals surface area contributed by atoms with E-state index >= 15 is 0 Å². The number of phosphoric ester groups is 1. The maximum absolute atomic E-state index is 12.7. The molecule has 61 heavy (non-hydrogen) atoms. The molecule has 0 aromatic carbocycles. The Morgan fingerprint density at radius 3 is 1.92 bits per heavy atom. The van der Waals surface area contributed by atoms with Crippen LogP contribution >= 0.6 is 7.82 Å². The number of carbonyl (C=O) groups is 2. The van der Waals surface area contributed by atoms with Crippen LogP contribution in [0.5, 0.6) is 0 Å². The van der Waals surface area contributed by atoms with Crippen LogP contribution in [0, 0.1) is 11.8 Å². The lowest BCUT2D eigenvalue weighted by molar-refractivity contribution is -0.870. The number of hydrogen-bond donors (Lipinski definition) is 3. The van der Waals surface area contributed by atoms with E-state index in [1.165, 1.54) is 0 Å². The SMILES string of the molecule is CC/C=C\C/C=C\C/C=C\C/C=C\C/C=C\CCCC(=O)O[C@H](COC(=O)CCC/C=C/C[C@@H]1[C@@H](/C=C/[C@@H](O)CCCCC)[C@H](O)C[C@@H]1O)COP(=O)([O-])OCC[N+](C)(C)C. The minimum absolute atomic E-state index is 0.0827. The monoisotopic (exact) mass is 878 g/mol. The molecule has 0 heterocycles. The summed E-state index contributed by atoms with van der Waals surface area (Å²) >= 11 is 0. The van der Waals surface area contributed by atoms with Crippen LogP contribution in [0.25, 0.3) is 0 Å². The molecular formula is C48H80NO11P. The molecule has 0 amide bonds. The first kappa shape index (κ1) is 56.1. The molecule has 1 aliphatic carbocycles. The second-order valence-corrected chi connectivity index (χ2v) is 18.1. The molecule has 1 saturated carbocycles. The molecule has 0 aromatic heterocycles. The number of aliphatic hydroxyl groups excluding tert-OH is 3. The molecule has 3 N–H and O–H groups in total. The second kappa shape index (κ2) is 34.5. The summed E-state index contributed by atoms with van der Waals surface area (Å²) in [5.74, 6) is -1.53.